The van der Waals surface area contributed by atoms with E-state index in [4.69, 9.17) is 25.8 Å². The largest absolute Gasteiger partial charge is 0.493 e. The van der Waals surface area contributed by atoms with Gasteiger partial charge in [-0.15, -0.1) is 0 Å². The zero-order valence-corrected chi connectivity index (χ0v) is 16.5. The van der Waals surface area contributed by atoms with Gasteiger partial charge in [-0.2, -0.15) is 9.78 Å². The summed E-state index contributed by atoms with van der Waals surface area (Å²) in [6, 6.07) is 12.7. The van der Waals surface area contributed by atoms with Gasteiger partial charge < -0.3 is 19.5 Å². The van der Waals surface area contributed by atoms with Crippen LogP contribution in [0.2, 0.25) is 5.02 Å². The maximum absolute atomic E-state index is 12.6. The molecule has 1 aromatic heterocycles. The number of nitrogens with zero attached hydrogens (tertiary/aromatic N) is 2. The van der Waals surface area contributed by atoms with Crippen LogP contribution in [0.5, 0.6) is 17.2 Å². The first-order valence-electron chi connectivity index (χ1n) is 8.45. The Bertz CT molecular complexity index is 1020. The molecule has 3 rings (SSSR count). The Hall–Kier alpha value is -3.19. The smallest absolute Gasteiger partial charge is 0.292 e. The zero-order valence-electron chi connectivity index (χ0n) is 15.7. The number of hydrogen-bond acceptors (Lipinski definition) is 6. The van der Waals surface area contributed by atoms with Crippen molar-refractivity contribution in [3.63, 3.8) is 0 Å². The second kappa shape index (κ2) is 8.67. The molecule has 1 N–H and O–H groups in total. The standard InChI is InChI=1S/C20H20ClN3O4/c1-26-16-10-9-13(18(27-2)19(16)28-3)11-22-15-12-23-24(20(25)17(15)21)14-7-5-4-6-8-14/h4-10,12,22H,11H2,1-3H3. The second-order valence-corrected chi connectivity index (χ2v) is 6.15. The summed E-state index contributed by atoms with van der Waals surface area (Å²) in [5, 5.41) is 7.39. The third-order valence-electron chi connectivity index (χ3n) is 4.17. The van der Waals surface area contributed by atoms with Gasteiger partial charge in [0.1, 0.15) is 5.02 Å². The highest BCUT2D eigenvalue weighted by Crippen LogP contribution is 2.40. The number of ether oxygens (including phenoxy) is 3. The van der Waals surface area contributed by atoms with Crippen molar-refractivity contribution in [2.45, 2.75) is 6.54 Å². The average molecular weight is 402 g/mol. The molecule has 2 aromatic carbocycles. The van der Waals surface area contributed by atoms with E-state index in [1.807, 2.05) is 24.3 Å². The van der Waals surface area contributed by atoms with Crippen molar-refractivity contribution in [2.24, 2.45) is 0 Å². The number of benzene rings is 2. The summed E-state index contributed by atoms with van der Waals surface area (Å²) in [6.07, 6.45) is 1.52. The molecule has 8 heteroatoms. The molecule has 7 nitrogen and oxygen atoms in total. The van der Waals surface area contributed by atoms with Gasteiger partial charge in [-0.05, 0) is 24.3 Å². The average Bonchev–Trinajstić information content (AvgIpc) is 2.74. The van der Waals surface area contributed by atoms with Gasteiger partial charge in [0.05, 0.1) is 38.9 Å². The minimum atomic E-state index is -0.405. The molecule has 0 fully saturated rings. The molecular weight excluding hydrogens is 382 g/mol. The van der Waals surface area contributed by atoms with Crippen LogP contribution in [0.1, 0.15) is 5.56 Å². The molecule has 0 spiro atoms. The van der Waals surface area contributed by atoms with E-state index in [1.165, 1.54) is 10.9 Å². The maximum atomic E-state index is 12.6. The summed E-state index contributed by atoms with van der Waals surface area (Å²) in [4.78, 5) is 12.6. The molecule has 0 unspecified atom stereocenters. The van der Waals surface area contributed by atoms with Crippen LogP contribution >= 0.6 is 11.6 Å². The van der Waals surface area contributed by atoms with E-state index in [0.717, 1.165) is 5.56 Å². The van der Waals surface area contributed by atoms with Crippen LogP contribution in [0, 0.1) is 0 Å². The Morgan fingerprint density at radius 3 is 2.36 bits per heavy atom. The number of halogens is 1. The Morgan fingerprint density at radius 2 is 1.71 bits per heavy atom. The van der Waals surface area contributed by atoms with Crippen LogP contribution in [0.15, 0.2) is 53.5 Å². The van der Waals surface area contributed by atoms with Crippen molar-refractivity contribution < 1.29 is 14.2 Å². The highest BCUT2D eigenvalue weighted by atomic mass is 35.5. The minimum Gasteiger partial charge on any atom is -0.493 e. The van der Waals surface area contributed by atoms with Crippen molar-refractivity contribution in [3.8, 4) is 22.9 Å². The van der Waals surface area contributed by atoms with E-state index in [-0.39, 0.29) is 5.02 Å². The molecule has 0 aliphatic carbocycles. The fourth-order valence-electron chi connectivity index (χ4n) is 2.80. The topological polar surface area (TPSA) is 74.6 Å². The monoisotopic (exact) mass is 401 g/mol. The van der Waals surface area contributed by atoms with Crippen LogP contribution in [0.25, 0.3) is 5.69 Å². The summed E-state index contributed by atoms with van der Waals surface area (Å²) in [5.74, 6) is 1.59. The fourth-order valence-corrected chi connectivity index (χ4v) is 3.00. The minimum absolute atomic E-state index is 0.0540. The number of aromatic nitrogens is 2. The number of para-hydroxylation sites is 1. The number of nitrogens with one attached hydrogen (secondary N) is 1. The van der Waals surface area contributed by atoms with Crippen LogP contribution in [0.3, 0.4) is 0 Å². The van der Waals surface area contributed by atoms with Gasteiger partial charge in [0, 0.05) is 12.1 Å². The van der Waals surface area contributed by atoms with E-state index >= 15 is 0 Å². The van der Waals surface area contributed by atoms with Crippen LogP contribution in [-0.2, 0) is 6.54 Å². The van der Waals surface area contributed by atoms with Crippen LogP contribution < -0.4 is 25.1 Å². The molecule has 0 aliphatic rings. The Labute approximate surface area is 167 Å². The van der Waals surface area contributed by atoms with Crippen molar-refractivity contribution in [2.75, 3.05) is 26.6 Å². The lowest BCUT2D eigenvalue weighted by Crippen LogP contribution is -2.22. The quantitative estimate of drug-likeness (QED) is 0.652. The summed E-state index contributed by atoms with van der Waals surface area (Å²) >= 11 is 6.28. The molecule has 28 heavy (non-hydrogen) atoms. The molecule has 146 valence electrons. The molecule has 0 aliphatic heterocycles. The van der Waals surface area contributed by atoms with Crippen LogP contribution in [0.4, 0.5) is 5.69 Å². The second-order valence-electron chi connectivity index (χ2n) is 5.77. The van der Waals surface area contributed by atoms with E-state index in [2.05, 4.69) is 10.4 Å². The molecule has 0 amide bonds. The molecule has 0 bridgehead atoms. The van der Waals surface area contributed by atoms with E-state index in [9.17, 15) is 4.79 Å². The first-order chi connectivity index (χ1) is 13.6. The summed E-state index contributed by atoms with van der Waals surface area (Å²) in [7, 11) is 4.65. The Morgan fingerprint density at radius 1 is 1.00 bits per heavy atom. The lowest BCUT2D eigenvalue weighted by Gasteiger charge is -2.16. The van der Waals surface area contributed by atoms with E-state index in [0.29, 0.717) is 35.2 Å². The third kappa shape index (κ3) is 3.75. The van der Waals surface area contributed by atoms with Crippen molar-refractivity contribution in [1.29, 1.82) is 0 Å². The number of rotatable bonds is 7. The summed E-state index contributed by atoms with van der Waals surface area (Å²) in [6.45, 7) is 0.347. The van der Waals surface area contributed by atoms with Gasteiger partial charge in [0.25, 0.3) is 5.56 Å². The zero-order chi connectivity index (χ0) is 20.1. The van der Waals surface area contributed by atoms with Gasteiger partial charge in [0.2, 0.25) is 5.75 Å². The molecule has 1 heterocycles. The lowest BCUT2D eigenvalue weighted by atomic mass is 10.1. The number of hydrogen-bond donors (Lipinski definition) is 1. The molecule has 0 saturated carbocycles. The summed E-state index contributed by atoms with van der Waals surface area (Å²) < 4.78 is 17.4. The van der Waals surface area contributed by atoms with Gasteiger partial charge in [-0.1, -0.05) is 29.8 Å². The van der Waals surface area contributed by atoms with Crippen molar-refractivity contribution >= 4 is 17.3 Å². The van der Waals surface area contributed by atoms with Crippen molar-refractivity contribution in [1.82, 2.24) is 9.78 Å². The molecule has 0 atom stereocenters. The predicted octanol–water partition coefficient (Wildman–Crippen LogP) is 3.52. The highest BCUT2D eigenvalue weighted by molar-refractivity contribution is 6.32. The van der Waals surface area contributed by atoms with Gasteiger partial charge in [0.15, 0.2) is 11.5 Å². The normalized spacial score (nSPS) is 10.4. The molecule has 0 radical (unpaired) electrons. The van der Waals surface area contributed by atoms with E-state index < -0.39 is 5.56 Å². The first kappa shape index (κ1) is 19.6. The van der Waals surface area contributed by atoms with Crippen molar-refractivity contribution in [3.05, 3.63) is 69.6 Å². The first-order valence-corrected chi connectivity index (χ1v) is 8.83. The molecule has 3 aromatic rings. The van der Waals surface area contributed by atoms with Gasteiger partial charge in [-0.3, -0.25) is 4.79 Å². The third-order valence-corrected chi connectivity index (χ3v) is 4.54. The fraction of sp³-hybridized carbons (Fsp3) is 0.200. The lowest BCUT2D eigenvalue weighted by molar-refractivity contribution is 0.322. The number of anilines is 1. The maximum Gasteiger partial charge on any atom is 0.292 e. The van der Waals surface area contributed by atoms with E-state index in [1.54, 1.807) is 39.5 Å². The SMILES string of the molecule is COc1ccc(CNc2cnn(-c3ccccc3)c(=O)c2Cl)c(OC)c1OC. The Kier molecular flexibility index (Phi) is 6.06. The highest BCUT2D eigenvalue weighted by Gasteiger charge is 2.17. The van der Waals surface area contributed by atoms with Gasteiger partial charge >= 0.3 is 0 Å². The van der Waals surface area contributed by atoms with Gasteiger partial charge in [-0.25, -0.2) is 0 Å². The van der Waals surface area contributed by atoms with Crippen LogP contribution in [-0.4, -0.2) is 31.1 Å². The number of methoxy groups -OCH3 is 3. The molecule has 0 saturated heterocycles. The Balaban J connectivity index is 1.88. The molecular formula is C20H20ClN3O4. The predicted molar refractivity (Wildman–Crippen MR) is 108 cm³/mol. The summed E-state index contributed by atoms with van der Waals surface area (Å²) in [5.41, 5.74) is 1.47.